The van der Waals surface area contributed by atoms with Gasteiger partial charge in [0.1, 0.15) is 0 Å². The van der Waals surface area contributed by atoms with Crippen LogP contribution in [-0.2, 0) is 4.79 Å². The molecule has 0 aromatic carbocycles. The third-order valence-corrected chi connectivity index (χ3v) is 2.60. The summed E-state index contributed by atoms with van der Waals surface area (Å²) >= 11 is 1.58. The molecule has 2 nitrogen and oxygen atoms in total. The van der Waals surface area contributed by atoms with Crippen LogP contribution in [0.15, 0.2) is 23.6 Å². The molecule has 70 valence electrons. The van der Waals surface area contributed by atoms with E-state index in [4.69, 9.17) is 5.11 Å². The molecule has 1 N–H and O–H groups in total. The number of carboxylic acid groups (broad SMARTS) is 1. The largest absolute Gasteiger partial charge is 0.478 e. The summed E-state index contributed by atoms with van der Waals surface area (Å²) in [7, 11) is 0. The third kappa shape index (κ3) is 3.03. The number of rotatable bonds is 4. The van der Waals surface area contributed by atoms with Crippen molar-refractivity contribution < 1.29 is 9.90 Å². The molecular formula is C10H12O2S. The lowest BCUT2D eigenvalue weighted by atomic mass is 10.1. The summed E-state index contributed by atoms with van der Waals surface area (Å²) in [6, 6.07) is 3.89. The summed E-state index contributed by atoms with van der Waals surface area (Å²) in [6.45, 7) is 2.04. The first-order valence-electron chi connectivity index (χ1n) is 4.21. The maximum absolute atomic E-state index is 10.5. The van der Waals surface area contributed by atoms with Gasteiger partial charge in [-0.2, -0.15) is 0 Å². The second-order valence-corrected chi connectivity index (χ2v) is 3.68. The van der Waals surface area contributed by atoms with Crippen LogP contribution in [0.5, 0.6) is 0 Å². The first-order chi connectivity index (χ1) is 6.24. The van der Waals surface area contributed by atoms with Crippen LogP contribution in [0.2, 0.25) is 0 Å². The number of carboxylic acids is 1. The first-order valence-corrected chi connectivity index (χ1v) is 5.09. The van der Waals surface area contributed by atoms with E-state index in [1.807, 2.05) is 24.4 Å². The Morgan fingerprint density at radius 1 is 1.69 bits per heavy atom. The van der Waals surface area contributed by atoms with Crippen molar-refractivity contribution in [1.29, 1.82) is 0 Å². The van der Waals surface area contributed by atoms with Crippen LogP contribution < -0.4 is 0 Å². The van der Waals surface area contributed by atoms with E-state index in [1.54, 1.807) is 11.3 Å². The second kappa shape index (κ2) is 4.82. The van der Waals surface area contributed by atoms with E-state index in [2.05, 4.69) is 0 Å². The predicted octanol–water partition coefficient (Wildman–Crippen LogP) is 3.02. The number of hydrogen-bond donors (Lipinski definition) is 1. The number of carbonyl (C=O) groups is 1. The second-order valence-electron chi connectivity index (χ2n) is 2.74. The maximum atomic E-state index is 10.5. The average molecular weight is 196 g/mol. The molecular weight excluding hydrogens is 184 g/mol. The number of aliphatic carboxylic acids is 1. The highest BCUT2D eigenvalue weighted by atomic mass is 32.1. The van der Waals surface area contributed by atoms with E-state index >= 15 is 0 Å². The third-order valence-electron chi connectivity index (χ3n) is 1.65. The normalized spacial score (nSPS) is 11.6. The average Bonchev–Trinajstić information content (AvgIpc) is 2.54. The zero-order chi connectivity index (χ0) is 9.68. The Morgan fingerprint density at radius 2 is 2.46 bits per heavy atom. The lowest BCUT2D eigenvalue weighted by Gasteiger charge is -2.00. The van der Waals surface area contributed by atoms with Crippen LogP contribution in [0.1, 0.15) is 24.6 Å². The van der Waals surface area contributed by atoms with E-state index in [-0.39, 0.29) is 0 Å². The van der Waals surface area contributed by atoms with Gasteiger partial charge < -0.3 is 5.11 Å². The fourth-order valence-electron chi connectivity index (χ4n) is 1.15. The Kier molecular flexibility index (Phi) is 3.71. The van der Waals surface area contributed by atoms with Gasteiger partial charge in [0.05, 0.1) is 0 Å². The smallest absolute Gasteiger partial charge is 0.328 e. The Bertz CT molecular complexity index is 299. The minimum absolute atomic E-state index is 0.826. The van der Waals surface area contributed by atoms with E-state index in [1.165, 1.54) is 6.08 Å². The van der Waals surface area contributed by atoms with Crippen LogP contribution in [0.25, 0.3) is 5.57 Å². The van der Waals surface area contributed by atoms with Crippen molar-refractivity contribution in [2.45, 2.75) is 19.8 Å². The van der Waals surface area contributed by atoms with Crippen LogP contribution in [0.3, 0.4) is 0 Å². The van der Waals surface area contributed by atoms with Gasteiger partial charge in [-0.25, -0.2) is 4.79 Å². The zero-order valence-corrected chi connectivity index (χ0v) is 8.30. The molecule has 0 aliphatic carbocycles. The molecule has 0 unspecified atom stereocenters. The number of allylic oxidation sites excluding steroid dienone is 1. The quantitative estimate of drug-likeness (QED) is 0.751. The van der Waals surface area contributed by atoms with Crippen molar-refractivity contribution in [3.8, 4) is 0 Å². The number of thiophene rings is 1. The monoisotopic (exact) mass is 196 g/mol. The summed E-state index contributed by atoms with van der Waals surface area (Å²) in [5, 5.41) is 10.6. The summed E-state index contributed by atoms with van der Waals surface area (Å²) in [6.07, 6.45) is 3.10. The van der Waals surface area contributed by atoms with Gasteiger partial charge in [0.15, 0.2) is 0 Å². The van der Waals surface area contributed by atoms with Gasteiger partial charge in [0.2, 0.25) is 0 Å². The van der Waals surface area contributed by atoms with Crippen molar-refractivity contribution in [3.05, 3.63) is 28.5 Å². The first kappa shape index (κ1) is 9.99. The van der Waals surface area contributed by atoms with Crippen molar-refractivity contribution in [2.24, 2.45) is 0 Å². The molecule has 0 saturated carbocycles. The Hall–Kier alpha value is -1.09. The van der Waals surface area contributed by atoms with Crippen molar-refractivity contribution in [1.82, 2.24) is 0 Å². The Morgan fingerprint density at radius 3 is 2.92 bits per heavy atom. The van der Waals surface area contributed by atoms with Crippen molar-refractivity contribution >= 4 is 22.9 Å². The summed E-state index contributed by atoms with van der Waals surface area (Å²) < 4.78 is 0. The van der Waals surface area contributed by atoms with Crippen molar-refractivity contribution in [3.63, 3.8) is 0 Å². The molecule has 0 saturated heterocycles. The van der Waals surface area contributed by atoms with Crippen LogP contribution in [0.4, 0.5) is 0 Å². The van der Waals surface area contributed by atoms with Gasteiger partial charge in [0, 0.05) is 11.0 Å². The van der Waals surface area contributed by atoms with Gasteiger partial charge in [-0.1, -0.05) is 19.4 Å². The fourth-order valence-corrected chi connectivity index (χ4v) is 1.92. The SMILES string of the molecule is CCC/C(=C\C(=O)O)c1cccs1. The summed E-state index contributed by atoms with van der Waals surface area (Å²) in [5.74, 6) is -0.864. The van der Waals surface area contributed by atoms with E-state index < -0.39 is 5.97 Å². The minimum atomic E-state index is -0.864. The topological polar surface area (TPSA) is 37.3 Å². The van der Waals surface area contributed by atoms with E-state index in [0.29, 0.717) is 0 Å². The van der Waals surface area contributed by atoms with Crippen LogP contribution in [0, 0.1) is 0 Å². The van der Waals surface area contributed by atoms with Crippen LogP contribution >= 0.6 is 11.3 Å². The van der Waals surface area contributed by atoms with Crippen molar-refractivity contribution in [2.75, 3.05) is 0 Å². The van der Waals surface area contributed by atoms with Gasteiger partial charge in [0.25, 0.3) is 0 Å². The molecule has 0 atom stereocenters. The molecule has 0 fully saturated rings. The molecule has 3 heteroatoms. The molecule has 1 aromatic heterocycles. The van der Waals surface area contributed by atoms with E-state index in [0.717, 1.165) is 23.3 Å². The molecule has 0 radical (unpaired) electrons. The van der Waals surface area contributed by atoms with Crippen LogP contribution in [-0.4, -0.2) is 11.1 Å². The van der Waals surface area contributed by atoms with Gasteiger partial charge >= 0.3 is 5.97 Å². The Balaban J connectivity index is 2.86. The minimum Gasteiger partial charge on any atom is -0.478 e. The summed E-state index contributed by atoms with van der Waals surface area (Å²) in [4.78, 5) is 11.6. The highest BCUT2D eigenvalue weighted by molar-refractivity contribution is 7.11. The summed E-state index contributed by atoms with van der Waals surface area (Å²) in [5.41, 5.74) is 0.921. The lowest BCUT2D eigenvalue weighted by molar-refractivity contribution is -0.131. The van der Waals surface area contributed by atoms with Gasteiger partial charge in [-0.15, -0.1) is 11.3 Å². The fraction of sp³-hybridized carbons (Fsp3) is 0.300. The molecule has 0 spiro atoms. The molecule has 0 aliphatic rings. The molecule has 13 heavy (non-hydrogen) atoms. The maximum Gasteiger partial charge on any atom is 0.328 e. The highest BCUT2D eigenvalue weighted by Gasteiger charge is 2.03. The zero-order valence-electron chi connectivity index (χ0n) is 7.49. The molecule has 0 amide bonds. The van der Waals surface area contributed by atoms with Gasteiger partial charge in [-0.3, -0.25) is 0 Å². The molecule has 1 rings (SSSR count). The highest BCUT2D eigenvalue weighted by Crippen LogP contribution is 2.23. The van der Waals surface area contributed by atoms with E-state index in [9.17, 15) is 4.79 Å². The lowest BCUT2D eigenvalue weighted by Crippen LogP contribution is -1.90. The molecule has 0 bridgehead atoms. The molecule has 1 heterocycles. The molecule has 1 aromatic rings. The van der Waals surface area contributed by atoms with Gasteiger partial charge in [-0.05, 0) is 23.4 Å². The standard InChI is InChI=1S/C10H12O2S/c1-2-4-8(7-10(11)12)9-5-3-6-13-9/h3,5-7H,2,4H2,1H3,(H,11,12)/b8-7+. The molecule has 0 aliphatic heterocycles. The predicted molar refractivity (Wildman–Crippen MR) is 54.8 cm³/mol. The Labute approximate surface area is 81.5 Å². The number of hydrogen-bond acceptors (Lipinski definition) is 2.